The molecule has 0 unspecified atom stereocenters. The van der Waals surface area contributed by atoms with Gasteiger partial charge in [-0.3, -0.25) is 0 Å². The smallest absolute Gasteiger partial charge is 0.212 e. The van der Waals surface area contributed by atoms with Crippen molar-refractivity contribution in [2.24, 2.45) is 0 Å². The van der Waals surface area contributed by atoms with Gasteiger partial charge >= 0.3 is 0 Å². The zero-order valence-corrected chi connectivity index (χ0v) is 10.2. The van der Waals surface area contributed by atoms with E-state index in [1.807, 2.05) is 6.07 Å². The molecule has 0 aliphatic carbocycles. The molecule has 3 aromatic heterocycles. The average Bonchev–Trinajstić information content (AvgIpc) is 2.78. The van der Waals surface area contributed by atoms with E-state index in [9.17, 15) is 0 Å². The van der Waals surface area contributed by atoms with Crippen molar-refractivity contribution in [1.29, 1.82) is 0 Å². The van der Waals surface area contributed by atoms with Crippen LogP contribution in [0.25, 0.3) is 16.8 Å². The molecule has 0 fully saturated rings. The highest BCUT2D eigenvalue weighted by atomic mass is 16.5. The van der Waals surface area contributed by atoms with Crippen molar-refractivity contribution in [2.45, 2.75) is 0 Å². The van der Waals surface area contributed by atoms with Crippen LogP contribution in [-0.2, 0) is 0 Å². The highest BCUT2D eigenvalue weighted by molar-refractivity contribution is 5.79. The van der Waals surface area contributed by atoms with Crippen LogP contribution in [0, 0.1) is 0 Å². The summed E-state index contributed by atoms with van der Waals surface area (Å²) in [4.78, 5) is 8.40. The monoisotopic (exact) mass is 256 g/mol. The van der Waals surface area contributed by atoms with Gasteiger partial charge in [0.2, 0.25) is 5.88 Å². The molecule has 0 amide bonds. The van der Waals surface area contributed by atoms with Crippen molar-refractivity contribution in [3.63, 3.8) is 0 Å². The van der Waals surface area contributed by atoms with Gasteiger partial charge in [-0.15, -0.1) is 5.10 Å². The van der Waals surface area contributed by atoms with E-state index in [-0.39, 0.29) is 0 Å². The molecule has 0 aromatic carbocycles. The van der Waals surface area contributed by atoms with Crippen molar-refractivity contribution in [1.82, 2.24) is 19.6 Å². The number of nitrogens with zero attached hydrogens (tertiary/aromatic N) is 4. The molecule has 96 valence electrons. The SMILES string of the molecule is COc1ccc(-c2cc(N)nn3cc(N)nc23)cn1. The van der Waals surface area contributed by atoms with E-state index in [2.05, 4.69) is 15.1 Å². The lowest BCUT2D eigenvalue weighted by Crippen LogP contribution is -1.99. The number of nitrogen functional groups attached to an aromatic ring is 2. The molecule has 0 aliphatic heterocycles. The topological polar surface area (TPSA) is 104 Å². The molecule has 7 nitrogen and oxygen atoms in total. The number of methoxy groups -OCH3 is 1. The maximum atomic E-state index is 5.78. The van der Waals surface area contributed by atoms with Crippen molar-refractivity contribution in [3.05, 3.63) is 30.6 Å². The molecule has 0 saturated carbocycles. The molecule has 3 heterocycles. The molecule has 0 bridgehead atoms. The minimum absolute atomic E-state index is 0.385. The first-order chi connectivity index (χ1) is 9.17. The quantitative estimate of drug-likeness (QED) is 0.707. The van der Waals surface area contributed by atoms with Crippen molar-refractivity contribution >= 4 is 17.3 Å². The Morgan fingerprint density at radius 2 is 2.05 bits per heavy atom. The number of fused-ring (bicyclic) bond motifs is 1. The Morgan fingerprint density at radius 3 is 2.74 bits per heavy atom. The molecule has 0 spiro atoms. The molecule has 0 radical (unpaired) electrons. The fourth-order valence-corrected chi connectivity index (χ4v) is 1.89. The Morgan fingerprint density at radius 1 is 1.21 bits per heavy atom. The summed E-state index contributed by atoms with van der Waals surface area (Å²) in [5, 5.41) is 4.12. The van der Waals surface area contributed by atoms with Crippen molar-refractivity contribution in [3.8, 4) is 17.0 Å². The molecule has 7 heteroatoms. The Labute approximate surface area is 108 Å². The highest BCUT2D eigenvalue weighted by Gasteiger charge is 2.10. The summed E-state index contributed by atoms with van der Waals surface area (Å²) in [6.07, 6.45) is 3.31. The lowest BCUT2D eigenvalue weighted by atomic mass is 10.1. The van der Waals surface area contributed by atoms with Crippen LogP contribution in [0.3, 0.4) is 0 Å². The predicted molar refractivity (Wildman–Crippen MR) is 71.6 cm³/mol. The van der Waals surface area contributed by atoms with E-state index < -0.39 is 0 Å². The number of hydrogen-bond donors (Lipinski definition) is 2. The Hall–Kier alpha value is -2.83. The van der Waals surface area contributed by atoms with E-state index in [1.54, 1.807) is 36.2 Å². The first-order valence-corrected chi connectivity index (χ1v) is 5.59. The van der Waals surface area contributed by atoms with Crippen LogP contribution in [0.5, 0.6) is 5.88 Å². The summed E-state index contributed by atoms with van der Waals surface area (Å²) in [6.45, 7) is 0. The van der Waals surface area contributed by atoms with Crippen LogP contribution in [0.2, 0.25) is 0 Å². The second-order valence-electron chi connectivity index (χ2n) is 4.01. The minimum atomic E-state index is 0.385. The van der Waals surface area contributed by atoms with Crippen LogP contribution in [-0.4, -0.2) is 26.7 Å². The lowest BCUT2D eigenvalue weighted by molar-refractivity contribution is 0.398. The van der Waals surface area contributed by atoms with Gasteiger partial charge in [0.1, 0.15) is 11.6 Å². The molecule has 0 aliphatic rings. The number of rotatable bonds is 2. The average molecular weight is 256 g/mol. The highest BCUT2D eigenvalue weighted by Crippen LogP contribution is 2.26. The van der Waals surface area contributed by atoms with Gasteiger partial charge in [-0.05, 0) is 12.1 Å². The molecular weight excluding hydrogens is 244 g/mol. The Balaban J connectivity index is 2.22. The fourth-order valence-electron chi connectivity index (χ4n) is 1.89. The maximum Gasteiger partial charge on any atom is 0.212 e. The number of imidazole rings is 1. The summed E-state index contributed by atoms with van der Waals surface area (Å²) in [7, 11) is 1.57. The number of ether oxygens (including phenoxy) is 1. The van der Waals surface area contributed by atoms with Crippen molar-refractivity contribution in [2.75, 3.05) is 18.6 Å². The summed E-state index contributed by atoms with van der Waals surface area (Å²) < 4.78 is 6.59. The van der Waals surface area contributed by atoms with Gasteiger partial charge in [0, 0.05) is 23.4 Å². The third kappa shape index (κ3) is 1.90. The maximum absolute atomic E-state index is 5.78. The van der Waals surface area contributed by atoms with Gasteiger partial charge in [-0.1, -0.05) is 0 Å². The number of pyridine rings is 1. The van der Waals surface area contributed by atoms with Gasteiger partial charge in [-0.25, -0.2) is 14.5 Å². The minimum Gasteiger partial charge on any atom is -0.481 e. The number of nitrogens with two attached hydrogens (primary N) is 2. The molecule has 19 heavy (non-hydrogen) atoms. The van der Waals surface area contributed by atoms with Gasteiger partial charge < -0.3 is 16.2 Å². The van der Waals surface area contributed by atoms with Crippen LogP contribution >= 0.6 is 0 Å². The normalized spacial score (nSPS) is 10.8. The van der Waals surface area contributed by atoms with Crippen LogP contribution in [0.1, 0.15) is 0 Å². The second kappa shape index (κ2) is 4.13. The van der Waals surface area contributed by atoms with E-state index in [0.29, 0.717) is 23.2 Å². The molecule has 3 aromatic rings. The van der Waals surface area contributed by atoms with Gasteiger partial charge in [-0.2, -0.15) is 0 Å². The molecule has 0 atom stereocenters. The Kier molecular flexibility index (Phi) is 2.45. The van der Waals surface area contributed by atoms with Crippen LogP contribution in [0.15, 0.2) is 30.6 Å². The first-order valence-electron chi connectivity index (χ1n) is 5.59. The van der Waals surface area contributed by atoms with E-state index in [4.69, 9.17) is 16.2 Å². The summed E-state index contributed by atoms with van der Waals surface area (Å²) in [5.41, 5.74) is 13.8. The van der Waals surface area contributed by atoms with Crippen LogP contribution in [0.4, 0.5) is 11.6 Å². The molecular formula is C12H12N6O. The molecule has 4 N–H and O–H groups in total. The number of hydrogen-bond acceptors (Lipinski definition) is 6. The summed E-state index contributed by atoms with van der Waals surface area (Å²) in [5.74, 6) is 1.32. The third-order valence-electron chi connectivity index (χ3n) is 2.72. The van der Waals surface area contributed by atoms with Gasteiger partial charge in [0.25, 0.3) is 0 Å². The largest absolute Gasteiger partial charge is 0.481 e. The van der Waals surface area contributed by atoms with E-state index in [1.165, 1.54) is 0 Å². The zero-order chi connectivity index (χ0) is 13.4. The molecule has 0 saturated heterocycles. The summed E-state index contributed by atoms with van der Waals surface area (Å²) in [6, 6.07) is 5.39. The fraction of sp³-hybridized carbons (Fsp3) is 0.0833. The summed E-state index contributed by atoms with van der Waals surface area (Å²) >= 11 is 0. The lowest BCUT2D eigenvalue weighted by Gasteiger charge is -2.05. The predicted octanol–water partition coefficient (Wildman–Crippen LogP) is 0.964. The van der Waals surface area contributed by atoms with Crippen molar-refractivity contribution < 1.29 is 4.74 Å². The standard InChI is InChI=1S/C12H12N6O/c1-19-11-3-2-7(5-15-11)8-4-9(13)17-18-6-10(14)16-12(8)18/h2-6H,14H2,1H3,(H2,13,17). The van der Waals surface area contributed by atoms with E-state index >= 15 is 0 Å². The number of aromatic nitrogens is 4. The first kappa shape index (κ1) is 11.3. The van der Waals surface area contributed by atoms with E-state index in [0.717, 1.165) is 11.1 Å². The Bertz CT molecular complexity index is 734. The third-order valence-corrected chi connectivity index (χ3v) is 2.72. The van der Waals surface area contributed by atoms with Crippen LogP contribution < -0.4 is 16.2 Å². The van der Waals surface area contributed by atoms with Gasteiger partial charge in [0.15, 0.2) is 5.65 Å². The second-order valence-corrected chi connectivity index (χ2v) is 4.01. The molecule has 3 rings (SSSR count). The zero-order valence-electron chi connectivity index (χ0n) is 10.2. The number of anilines is 2. The van der Waals surface area contributed by atoms with Gasteiger partial charge in [0.05, 0.1) is 13.3 Å².